The highest BCUT2D eigenvalue weighted by Crippen LogP contribution is 2.06. The van der Waals surface area contributed by atoms with E-state index >= 15 is 0 Å². The molecule has 5 nitrogen and oxygen atoms in total. The number of aliphatic imine (C=N–C) groups is 1. The number of amides is 1. The number of nitrogens with zero attached hydrogens (tertiary/aromatic N) is 1. The van der Waals surface area contributed by atoms with Gasteiger partial charge in [0, 0.05) is 31.7 Å². The minimum absolute atomic E-state index is 0. The van der Waals surface area contributed by atoms with Crippen LogP contribution in [0.3, 0.4) is 0 Å². The summed E-state index contributed by atoms with van der Waals surface area (Å²) in [4.78, 5) is 16.5. The van der Waals surface area contributed by atoms with Gasteiger partial charge in [-0.3, -0.25) is 9.79 Å². The van der Waals surface area contributed by atoms with Crippen LogP contribution in [0.25, 0.3) is 0 Å². The van der Waals surface area contributed by atoms with E-state index in [0.29, 0.717) is 12.1 Å². The van der Waals surface area contributed by atoms with E-state index in [1.54, 1.807) is 7.05 Å². The number of carbonyl (C=O) groups excluding carboxylic acids is 1. The Morgan fingerprint density at radius 3 is 2.54 bits per heavy atom. The number of benzene rings is 1. The first-order valence-corrected chi connectivity index (χ1v) is 9.30. The molecule has 1 amide bonds. The topological polar surface area (TPSA) is 65.5 Å². The maximum Gasteiger partial charge on any atom is 0.251 e. The molecule has 1 atom stereocenters. The molecule has 1 aromatic rings. The van der Waals surface area contributed by atoms with Gasteiger partial charge in [-0.2, -0.15) is 0 Å². The molecule has 0 aliphatic rings. The predicted octanol–water partition coefficient (Wildman–Crippen LogP) is 3.93. The molecule has 1 unspecified atom stereocenters. The van der Waals surface area contributed by atoms with E-state index in [-0.39, 0.29) is 35.9 Å². The van der Waals surface area contributed by atoms with Crippen LogP contribution in [0.4, 0.5) is 0 Å². The predicted molar refractivity (Wildman–Crippen MR) is 121 cm³/mol. The third kappa shape index (κ3) is 9.99. The first kappa shape index (κ1) is 24.7. The van der Waals surface area contributed by atoms with Gasteiger partial charge >= 0.3 is 0 Å². The van der Waals surface area contributed by atoms with Crippen LogP contribution >= 0.6 is 24.0 Å². The molecule has 26 heavy (non-hydrogen) atoms. The summed E-state index contributed by atoms with van der Waals surface area (Å²) in [5.41, 5.74) is 1.75. The van der Waals surface area contributed by atoms with E-state index in [9.17, 15) is 4.79 Å². The molecule has 1 aromatic carbocycles. The maximum absolute atomic E-state index is 12.2. The number of carbonyl (C=O) groups is 1. The summed E-state index contributed by atoms with van der Waals surface area (Å²) in [5.74, 6) is 1.49. The normalized spacial score (nSPS) is 12.3. The highest BCUT2D eigenvalue weighted by molar-refractivity contribution is 14.0. The number of nitrogens with one attached hydrogen (secondary N) is 3. The van der Waals surface area contributed by atoms with Crippen molar-refractivity contribution in [3.63, 3.8) is 0 Å². The largest absolute Gasteiger partial charge is 0.356 e. The van der Waals surface area contributed by atoms with Gasteiger partial charge in [-0.15, -0.1) is 24.0 Å². The summed E-state index contributed by atoms with van der Waals surface area (Å²) in [6, 6.07) is 7.89. The lowest BCUT2D eigenvalue weighted by Crippen LogP contribution is -2.37. The zero-order valence-corrected chi connectivity index (χ0v) is 19.1. The zero-order chi connectivity index (χ0) is 18.7. The average Bonchev–Trinajstić information content (AvgIpc) is 2.61. The first-order chi connectivity index (χ1) is 12.0. The van der Waals surface area contributed by atoms with Gasteiger partial charge in [0.1, 0.15) is 0 Å². The fourth-order valence-electron chi connectivity index (χ4n) is 2.36. The Hall–Kier alpha value is -1.31. The van der Waals surface area contributed by atoms with E-state index in [2.05, 4.69) is 41.7 Å². The Morgan fingerprint density at radius 1 is 1.19 bits per heavy atom. The molecule has 0 bridgehead atoms. The van der Waals surface area contributed by atoms with Crippen LogP contribution in [-0.4, -0.2) is 31.5 Å². The van der Waals surface area contributed by atoms with Gasteiger partial charge in [0.25, 0.3) is 5.91 Å². The Kier molecular flexibility index (Phi) is 13.1. The second kappa shape index (κ2) is 13.8. The standard InChI is InChI=1S/C20H34N4O.HI/c1-6-16(4)24-19(25)18-11-7-10-17(13-18)14-23-20(21-5)22-12-8-9-15(2)3;/h7,10-11,13,15-16H,6,8-9,12,14H2,1-5H3,(H,24,25)(H2,21,22,23);1H. The molecule has 0 spiro atoms. The van der Waals surface area contributed by atoms with Crippen molar-refractivity contribution < 1.29 is 4.79 Å². The van der Waals surface area contributed by atoms with Crippen molar-refractivity contribution in [1.82, 2.24) is 16.0 Å². The molecule has 6 heteroatoms. The van der Waals surface area contributed by atoms with Crippen LogP contribution in [0.2, 0.25) is 0 Å². The minimum atomic E-state index is -0.0209. The van der Waals surface area contributed by atoms with Gasteiger partial charge in [-0.1, -0.05) is 32.9 Å². The summed E-state index contributed by atoms with van der Waals surface area (Å²) < 4.78 is 0. The van der Waals surface area contributed by atoms with E-state index in [1.165, 1.54) is 6.42 Å². The molecular weight excluding hydrogens is 439 g/mol. The molecule has 0 heterocycles. The van der Waals surface area contributed by atoms with Crippen LogP contribution in [0.15, 0.2) is 29.3 Å². The van der Waals surface area contributed by atoms with Crippen molar-refractivity contribution in [2.45, 2.75) is 59.5 Å². The zero-order valence-electron chi connectivity index (χ0n) is 16.8. The van der Waals surface area contributed by atoms with E-state index < -0.39 is 0 Å². The van der Waals surface area contributed by atoms with Gasteiger partial charge in [0.2, 0.25) is 0 Å². The summed E-state index contributed by atoms with van der Waals surface area (Å²) in [6.07, 6.45) is 3.26. The maximum atomic E-state index is 12.2. The molecule has 1 rings (SSSR count). The molecule has 0 aliphatic carbocycles. The lowest BCUT2D eigenvalue weighted by atomic mass is 10.1. The van der Waals surface area contributed by atoms with Gasteiger partial charge in [-0.25, -0.2) is 0 Å². The van der Waals surface area contributed by atoms with E-state index in [1.807, 2.05) is 31.2 Å². The van der Waals surface area contributed by atoms with Crippen LogP contribution < -0.4 is 16.0 Å². The summed E-state index contributed by atoms with van der Waals surface area (Å²) in [6.45, 7) is 10.1. The molecule has 0 saturated heterocycles. The smallest absolute Gasteiger partial charge is 0.251 e. The van der Waals surface area contributed by atoms with Crippen molar-refractivity contribution in [2.75, 3.05) is 13.6 Å². The second-order valence-electron chi connectivity index (χ2n) is 6.87. The third-order valence-electron chi connectivity index (χ3n) is 4.11. The first-order valence-electron chi connectivity index (χ1n) is 9.30. The molecule has 148 valence electrons. The molecule has 0 fully saturated rings. The number of hydrogen-bond donors (Lipinski definition) is 3. The number of guanidine groups is 1. The fraction of sp³-hybridized carbons (Fsp3) is 0.600. The van der Waals surface area contributed by atoms with Gasteiger partial charge in [0.05, 0.1) is 0 Å². The highest BCUT2D eigenvalue weighted by Gasteiger charge is 2.09. The van der Waals surface area contributed by atoms with Crippen LogP contribution in [-0.2, 0) is 6.54 Å². The Balaban J connectivity index is 0.00000625. The molecule has 0 aromatic heterocycles. The van der Waals surface area contributed by atoms with Gasteiger partial charge < -0.3 is 16.0 Å². The Bertz CT molecular complexity index is 560. The van der Waals surface area contributed by atoms with Crippen molar-refractivity contribution in [1.29, 1.82) is 0 Å². The van der Waals surface area contributed by atoms with Crippen LogP contribution in [0.5, 0.6) is 0 Å². The Labute approximate surface area is 175 Å². The average molecular weight is 474 g/mol. The molecular formula is C20H35IN4O. The summed E-state index contributed by atoms with van der Waals surface area (Å²) in [5, 5.41) is 9.62. The highest BCUT2D eigenvalue weighted by atomic mass is 127. The number of halogens is 1. The van der Waals surface area contributed by atoms with Crippen molar-refractivity contribution in [2.24, 2.45) is 10.9 Å². The minimum Gasteiger partial charge on any atom is -0.356 e. The lowest BCUT2D eigenvalue weighted by Gasteiger charge is -2.14. The lowest BCUT2D eigenvalue weighted by molar-refractivity contribution is 0.0939. The van der Waals surface area contributed by atoms with Crippen LogP contribution in [0, 0.1) is 5.92 Å². The fourth-order valence-corrected chi connectivity index (χ4v) is 2.36. The third-order valence-corrected chi connectivity index (χ3v) is 4.11. The van der Waals surface area contributed by atoms with E-state index in [0.717, 1.165) is 36.8 Å². The number of hydrogen-bond acceptors (Lipinski definition) is 2. The summed E-state index contributed by atoms with van der Waals surface area (Å²) >= 11 is 0. The van der Waals surface area contributed by atoms with E-state index in [4.69, 9.17) is 0 Å². The monoisotopic (exact) mass is 474 g/mol. The molecule has 3 N–H and O–H groups in total. The SMILES string of the molecule is CCC(C)NC(=O)c1cccc(CNC(=NC)NCCCC(C)C)c1.I. The Morgan fingerprint density at radius 2 is 1.92 bits per heavy atom. The summed E-state index contributed by atoms with van der Waals surface area (Å²) in [7, 11) is 1.77. The van der Waals surface area contributed by atoms with Crippen LogP contribution in [0.1, 0.15) is 62.9 Å². The second-order valence-corrected chi connectivity index (χ2v) is 6.87. The van der Waals surface area contributed by atoms with Crippen molar-refractivity contribution in [3.8, 4) is 0 Å². The van der Waals surface area contributed by atoms with Crippen molar-refractivity contribution in [3.05, 3.63) is 35.4 Å². The van der Waals surface area contributed by atoms with Gasteiger partial charge in [-0.05, 0) is 49.8 Å². The number of rotatable bonds is 9. The van der Waals surface area contributed by atoms with Crippen molar-refractivity contribution >= 4 is 35.8 Å². The quantitative estimate of drug-likeness (QED) is 0.220. The molecule has 0 saturated carbocycles. The molecule has 0 aliphatic heterocycles. The molecule has 0 radical (unpaired) electrons. The van der Waals surface area contributed by atoms with Gasteiger partial charge in [0.15, 0.2) is 5.96 Å².